The van der Waals surface area contributed by atoms with E-state index in [-0.39, 0.29) is 11.5 Å². The average molecular weight is 274 g/mol. The molecule has 1 aromatic rings. The number of ether oxygens (including phenoxy) is 1. The SMILES string of the molecule is CCOC(C1CC1)C(O)c1ccccc1C(F)(F)F. The third-order valence-corrected chi connectivity index (χ3v) is 3.34. The molecule has 1 saturated carbocycles. The van der Waals surface area contributed by atoms with Crippen LogP contribution in [0.4, 0.5) is 13.2 Å². The lowest BCUT2D eigenvalue weighted by Crippen LogP contribution is -2.26. The summed E-state index contributed by atoms with van der Waals surface area (Å²) < 4.78 is 44.2. The fourth-order valence-electron chi connectivity index (χ4n) is 2.29. The van der Waals surface area contributed by atoms with E-state index in [9.17, 15) is 18.3 Å². The molecule has 106 valence electrons. The van der Waals surface area contributed by atoms with Gasteiger partial charge in [0.2, 0.25) is 0 Å². The maximum Gasteiger partial charge on any atom is 0.416 e. The predicted molar refractivity (Wildman–Crippen MR) is 64.5 cm³/mol. The van der Waals surface area contributed by atoms with E-state index in [0.29, 0.717) is 6.61 Å². The van der Waals surface area contributed by atoms with E-state index in [2.05, 4.69) is 0 Å². The molecule has 1 aromatic carbocycles. The van der Waals surface area contributed by atoms with Gasteiger partial charge < -0.3 is 9.84 Å². The molecule has 0 spiro atoms. The quantitative estimate of drug-likeness (QED) is 0.889. The first kappa shape index (κ1) is 14.3. The Morgan fingerprint density at radius 2 is 1.95 bits per heavy atom. The second-order valence-electron chi connectivity index (χ2n) is 4.79. The maximum atomic E-state index is 12.9. The van der Waals surface area contributed by atoms with Crippen molar-refractivity contribution < 1.29 is 23.0 Å². The van der Waals surface area contributed by atoms with Gasteiger partial charge in [-0.2, -0.15) is 13.2 Å². The molecule has 2 unspecified atom stereocenters. The van der Waals surface area contributed by atoms with Crippen molar-refractivity contribution >= 4 is 0 Å². The van der Waals surface area contributed by atoms with E-state index >= 15 is 0 Å². The molecule has 0 saturated heterocycles. The topological polar surface area (TPSA) is 29.5 Å². The van der Waals surface area contributed by atoms with Gasteiger partial charge in [0.25, 0.3) is 0 Å². The lowest BCUT2D eigenvalue weighted by atomic mass is 9.96. The van der Waals surface area contributed by atoms with E-state index in [1.165, 1.54) is 18.2 Å². The minimum absolute atomic E-state index is 0.0969. The Morgan fingerprint density at radius 3 is 2.47 bits per heavy atom. The number of halogens is 3. The van der Waals surface area contributed by atoms with Crippen LogP contribution in [0.3, 0.4) is 0 Å². The number of rotatable bonds is 5. The molecule has 0 bridgehead atoms. The first-order chi connectivity index (χ1) is 8.95. The molecule has 0 aromatic heterocycles. The van der Waals surface area contributed by atoms with Crippen molar-refractivity contribution in [2.45, 2.75) is 38.1 Å². The summed E-state index contributed by atoms with van der Waals surface area (Å²) in [5.74, 6) is 0.163. The summed E-state index contributed by atoms with van der Waals surface area (Å²) in [5, 5.41) is 10.2. The molecule has 19 heavy (non-hydrogen) atoms. The fraction of sp³-hybridized carbons (Fsp3) is 0.571. The Labute approximate surface area is 110 Å². The highest BCUT2D eigenvalue weighted by molar-refractivity contribution is 5.32. The molecule has 0 radical (unpaired) electrons. The summed E-state index contributed by atoms with van der Waals surface area (Å²) in [7, 11) is 0. The third-order valence-electron chi connectivity index (χ3n) is 3.34. The largest absolute Gasteiger partial charge is 0.416 e. The minimum atomic E-state index is -4.46. The fourth-order valence-corrected chi connectivity index (χ4v) is 2.29. The van der Waals surface area contributed by atoms with Crippen LogP contribution >= 0.6 is 0 Å². The van der Waals surface area contributed by atoms with Gasteiger partial charge in [-0.1, -0.05) is 18.2 Å². The first-order valence-electron chi connectivity index (χ1n) is 6.41. The van der Waals surface area contributed by atoms with Crippen LogP contribution in [0, 0.1) is 5.92 Å². The van der Waals surface area contributed by atoms with E-state index in [0.717, 1.165) is 18.9 Å². The lowest BCUT2D eigenvalue weighted by molar-refractivity contribution is -0.140. The van der Waals surface area contributed by atoms with Gasteiger partial charge in [-0.15, -0.1) is 0 Å². The van der Waals surface area contributed by atoms with Crippen molar-refractivity contribution in [2.75, 3.05) is 6.61 Å². The van der Waals surface area contributed by atoms with Crippen LogP contribution in [0.25, 0.3) is 0 Å². The molecule has 0 amide bonds. The third kappa shape index (κ3) is 3.28. The molecule has 2 nitrogen and oxygen atoms in total. The summed E-state index contributed by atoms with van der Waals surface area (Å²) in [6.45, 7) is 2.16. The van der Waals surface area contributed by atoms with Crippen LogP contribution in [0.15, 0.2) is 24.3 Å². The molecular weight excluding hydrogens is 257 g/mol. The van der Waals surface area contributed by atoms with Gasteiger partial charge in [-0.25, -0.2) is 0 Å². The number of aliphatic hydroxyl groups is 1. The van der Waals surface area contributed by atoms with Crippen LogP contribution in [0.2, 0.25) is 0 Å². The minimum Gasteiger partial charge on any atom is -0.386 e. The molecule has 1 N–H and O–H groups in total. The normalized spacial score (nSPS) is 19.2. The van der Waals surface area contributed by atoms with Crippen molar-refractivity contribution in [3.8, 4) is 0 Å². The zero-order chi connectivity index (χ0) is 14.0. The Bertz CT molecular complexity index is 427. The molecule has 2 rings (SSSR count). The van der Waals surface area contributed by atoms with Crippen molar-refractivity contribution in [1.82, 2.24) is 0 Å². The standard InChI is InChI=1S/C14H17F3O2/c1-2-19-13(9-7-8-9)12(18)10-5-3-4-6-11(10)14(15,16)17/h3-6,9,12-13,18H,2,7-8H2,1H3. The van der Waals surface area contributed by atoms with E-state index in [4.69, 9.17) is 4.74 Å². The van der Waals surface area contributed by atoms with Crippen molar-refractivity contribution in [3.05, 3.63) is 35.4 Å². The number of aliphatic hydroxyl groups excluding tert-OH is 1. The Balaban J connectivity index is 2.29. The van der Waals surface area contributed by atoms with Gasteiger partial charge in [0.05, 0.1) is 11.7 Å². The molecule has 5 heteroatoms. The second kappa shape index (κ2) is 5.51. The van der Waals surface area contributed by atoms with E-state index in [1.807, 2.05) is 0 Å². The zero-order valence-corrected chi connectivity index (χ0v) is 10.7. The molecule has 2 atom stereocenters. The monoisotopic (exact) mass is 274 g/mol. The number of alkyl halides is 3. The average Bonchev–Trinajstić information content (AvgIpc) is 3.18. The summed E-state index contributed by atoms with van der Waals surface area (Å²) >= 11 is 0. The lowest BCUT2D eigenvalue weighted by Gasteiger charge is -2.25. The van der Waals surface area contributed by atoms with Crippen molar-refractivity contribution in [2.24, 2.45) is 5.92 Å². The number of hydrogen-bond acceptors (Lipinski definition) is 2. The van der Waals surface area contributed by atoms with Gasteiger partial charge in [0.1, 0.15) is 6.10 Å². The molecule has 1 aliphatic rings. The van der Waals surface area contributed by atoms with Crippen LogP contribution in [0.1, 0.15) is 37.0 Å². The van der Waals surface area contributed by atoms with Crippen LogP contribution in [-0.4, -0.2) is 17.8 Å². The number of benzene rings is 1. The predicted octanol–water partition coefficient (Wildman–Crippen LogP) is 3.55. The molecule has 0 heterocycles. The highest BCUT2D eigenvalue weighted by Crippen LogP contribution is 2.42. The molecule has 1 fully saturated rings. The smallest absolute Gasteiger partial charge is 0.386 e. The van der Waals surface area contributed by atoms with E-state index in [1.54, 1.807) is 6.92 Å². The van der Waals surface area contributed by atoms with Gasteiger partial charge in [0, 0.05) is 6.61 Å². The summed E-state index contributed by atoms with van der Waals surface area (Å²) in [5.41, 5.74) is -0.881. The summed E-state index contributed by atoms with van der Waals surface area (Å²) in [6.07, 6.45) is -4.44. The highest BCUT2D eigenvalue weighted by Gasteiger charge is 2.41. The zero-order valence-electron chi connectivity index (χ0n) is 10.7. The molecular formula is C14H17F3O2. The summed E-state index contributed by atoms with van der Waals surface area (Å²) in [6, 6.07) is 5.14. The second-order valence-corrected chi connectivity index (χ2v) is 4.79. The molecule has 0 aliphatic heterocycles. The Morgan fingerprint density at radius 1 is 1.32 bits per heavy atom. The summed E-state index contributed by atoms with van der Waals surface area (Å²) in [4.78, 5) is 0. The van der Waals surface area contributed by atoms with Gasteiger partial charge in [-0.05, 0) is 37.3 Å². The maximum absolute atomic E-state index is 12.9. The highest BCUT2D eigenvalue weighted by atomic mass is 19.4. The van der Waals surface area contributed by atoms with Crippen LogP contribution < -0.4 is 0 Å². The van der Waals surface area contributed by atoms with Crippen LogP contribution in [0.5, 0.6) is 0 Å². The molecule has 1 aliphatic carbocycles. The Kier molecular flexibility index (Phi) is 4.16. The van der Waals surface area contributed by atoms with Crippen molar-refractivity contribution in [1.29, 1.82) is 0 Å². The van der Waals surface area contributed by atoms with Gasteiger partial charge >= 0.3 is 6.18 Å². The van der Waals surface area contributed by atoms with E-state index < -0.39 is 23.9 Å². The van der Waals surface area contributed by atoms with Gasteiger partial charge in [0.15, 0.2) is 0 Å². The van der Waals surface area contributed by atoms with Crippen molar-refractivity contribution in [3.63, 3.8) is 0 Å². The van der Waals surface area contributed by atoms with Crippen LogP contribution in [-0.2, 0) is 10.9 Å². The first-order valence-corrected chi connectivity index (χ1v) is 6.41. The Hall–Kier alpha value is -1.07. The number of hydrogen-bond donors (Lipinski definition) is 1. The van der Waals surface area contributed by atoms with Gasteiger partial charge in [-0.3, -0.25) is 0 Å².